The van der Waals surface area contributed by atoms with Crippen LogP contribution in [0.5, 0.6) is 5.75 Å². The normalized spacial score (nSPS) is 15.0. The summed E-state index contributed by atoms with van der Waals surface area (Å²) in [5.41, 5.74) is 1.30. The van der Waals surface area contributed by atoms with Gasteiger partial charge in [-0.15, -0.1) is 0 Å². The number of rotatable bonds is 7. The molecule has 1 rings (SSSR count). The summed E-state index contributed by atoms with van der Waals surface area (Å²) in [4.78, 5) is 0. The van der Waals surface area contributed by atoms with Crippen molar-refractivity contribution in [2.24, 2.45) is 5.41 Å². The van der Waals surface area contributed by atoms with Gasteiger partial charge in [0.05, 0.1) is 18.2 Å². The number of benzene rings is 1. The molecule has 1 aromatic rings. The molecule has 0 bridgehead atoms. The third-order valence-corrected chi connectivity index (χ3v) is 3.45. The molecule has 3 heteroatoms. The zero-order valence-electron chi connectivity index (χ0n) is 14.6. The van der Waals surface area contributed by atoms with Gasteiger partial charge >= 0.3 is 0 Å². The van der Waals surface area contributed by atoms with Gasteiger partial charge in [0, 0.05) is 7.11 Å². The summed E-state index contributed by atoms with van der Waals surface area (Å²) < 4.78 is 11.5. The molecular formula is C18H31NO2. The predicted molar refractivity (Wildman–Crippen MR) is 88.9 cm³/mol. The number of likely N-dealkylation sites (N-methyl/N-ethyl adjacent to an activating group) is 1. The first kappa shape index (κ1) is 18.0. The van der Waals surface area contributed by atoms with E-state index in [0.717, 1.165) is 12.3 Å². The Labute approximate surface area is 130 Å². The van der Waals surface area contributed by atoms with Gasteiger partial charge in [0.1, 0.15) is 5.75 Å². The standard InChI is InChI=1S/C18H31NO2/c1-8-19-16(17(20-7)18(4,5)6)14-9-11-15(12-10-14)21-13(2)3/h9-13,16-17,19H,8H2,1-7H3. The van der Waals surface area contributed by atoms with E-state index in [-0.39, 0.29) is 23.7 Å². The van der Waals surface area contributed by atoms with E-state index in [1.54, 1.807) is 7.11 Å². The van der Waals surface area contributed by atoms with Crippen molar-refractivity contribution >= 4 is 0 Å². The SMILES string of the molecule is CCNC(c1ccc(OC(C)C)cc1)C(OC)C(C)(C)C. The van der Waals surface area contributed by atoms with Gasteiger partial charge in [-0.3, -0.25) is 0 Å². The van der Waals surface area contributed by atoms with Gasteiger partial charge in [0.15, 0.2) is 0 Å². The first-order chi connectivity index (χ1) is 9.79. The highest BCUT2D eigenvalue weighted by atomic mass is 16.5. The fourth-order valence-corrected chi connectivity index (χ4v) is 2.64. The van der Waals surface area contributed by atoms with Crippen LogP contribution < -0.4 is 10.1 Å². The van der Waals surface area contributed by atoms with Crippen LogP contribution in [0.2, 0.25) is 0 Å². The summed E-state index contributed by atoms with van der Waals surface area (Å²) in [5.74, 6) is 0.911. The van der Waals surface area contributed by atoms with Crippen LogP contribution in [0.1, 0.15) is 53.1 Å². The molecule has 1 aromatic carbocycles. The van der Waals surface area contributed by atoms with Gasteiger partial charge < -0.3 is 14.8 Å². The van der Waals surface area contributed by atoms with Crippen LogP contribution in [-0.2, 0) is 4.74 Å². The van der Waals surface area contributed by atoms with E-state index >= 15 is 0 Å². The molecule has 3 nitrogen and oxygen atoms in total. The van der Waals surface area contributed by atoms with Crippen molar-refractivity contribution in [3.63, 3.8) is 0 Å². The van der Waals surface area contributed by atoms with Crippen LogP contribution in [0, 0.1) is 5.41 Å². The molecule has 21 heavy (non-hydrogen) atoms. The summed E-state index contributed by atoms with van der Waals surface area (Å²) in [6.45, 7) is 13.7. The highest BCUT2D eigenvalue weighted by Crippen LogP contribution is 2.33. The van der Waals surface area contributed by atoms with Gasteiger partial charge in [0.25, 0.3) is 0 Å². The van der Waals surface area contributed by atoms with Gasteiger partial charge in [-0.25, -0.2) is 0 Å². The topological polar surface area (TPSA) is 30.5 Å². The maximum Gasteiger partial charge on any atom is 0.119 e. The fraction of sp³-hybridized carbons (Fsp3) is 0.667. The molecule has 0 fully saturated rings. The van der Waals surface area contributed by atoms with Crippen molar-refractivity contribution in [3.8, 4) is 5.75 Å². The third-order valence-electron chi connectivity index (χ3n) is 3.45. The first-order valence-corrected chi connectivity index (χ1v) is 7.82. The number of hydrogen-bond acceptors (Lipinski definition) is 3. The second kappa shape index (κ2) is 7.81. The van der Waals surface area contributed by atoms with Crippen molar-refractivity contribution in [1.29, 1.82) is 0 Å². The van der Waals surface area contributed by atoms with Crippen molar-refractivity contribution < 1.29 is 9.47 Å². The lowest BCUT2D eigenvalue weighted by Crippen LogP contribution is -2.41. The second-order valence-corrected chi connectivity index (χ2v) is 6.79. The molecule has 0 saturated carbocycles. The predicted octanol–water partition coefficient (Wildman–Crippen LogP) is 4.19. The summed E-state index contributed by atoms with van der Waals surface area (Å²) in [5, 5.41) is 3.55. The lowest BCUT2D eigenvalue weighted by atomic mass is 9.82. The van der Waals surface area contributed by atoms with Crippen molar-refractivity contribution in [1.82, 2.24) is 5.32 Å². The summed E-state index contributed by atoms with van der Waals surface area (Å²) in [6, 6.07) is 8.50. The molecule has 0 saturated heterocycles. The fourth-order valence-electron chi connectivity index (χ4n) is 2.64. The Morgan fingerprint density at radius 2 is 1.67 bits per heavy atom. The summed E-state index contributed by atoms with van der Waals surface area (Å²) in [7, 11) is 1.79. The smallest absolute Gasteiger partial charge is 0.119 e. The number of methoxy groups -OCH3 is 1. The maximum atomic E-state index is 5.78. The quantitative estimate of drug-likeness (QED) is 0.818. The highest BCUT2D eigenvalue weighted by Gasteiger charge is 2.32. The Kier molecular flexibility index (Phi) is 6.69. The number of hydrogen-bond donors (Lipinski definition) is 1. The van der Waals surface area contributed by atoms with Crippen molar-refractivity contribution in [2.75, 3.05) is 13.7 Å². The minimum Gasteiger partial charge on any atom is -0.491 e. The van der Waals surface area contributed by atoms with Crippen molar-refractivity contribution in [2.45, 2.75) is 59.8 Å². The van der Waals surface area contributed by atoms with Crippen LogP contribution in [0.15, 0.2) is 24.3 Å². The van der Waals surface area contributed by atoms with Gasteiger partial charge in [-0.1, -0.05) is 39.8 Å². The van der Waals surface area contributed by atoms with Gasteiger partial charge in [0.2, 0.25) is 0 Å². The van der Waals surface area contributed by atoms with Crippen LogP contribution >= 0.6 is 0 Å². The Hall–Kier alpha value is -1.06. The highest BCUT2D eigenvalue weighted by molar-refractivity contribution is 5.30. The monoisotopic (exact) mass is 293 g/mol. The summed E-state index contributed by atoms with van der Waals surface area (Å²) in [6.07, 6.45) is 0.302. The lowest BCUT2D eigenvalue weighted by molar-refractivity contribution is -0.0116. The number of ether oxygens (including phenoxy) is 2. The molecule has 1 N–H and O–H groups in total. The van der Waals surface area contributed by atoms with E-state index < -0.39 is 0 Å². The molecular weight excluding hydrogens is 262 g/mol. The Morgan fingerprint density at radius 3 is 2.05 bits per heavy atom. The molecule has 0 aromatic heterocycles. The molecule has 0 aliphatic carbocycles. The molecule has 0 heterocycles. The molecule has 0 aliphatic heterocycles. The molecule has 0 amide bonds. The van der Waals surface area contributed by atoms with E-state index in [2.05, 4.69) is 45.1 Å². The molecule has 0 radical (unpaired) electrons. The first-order valence-electron chi connectivity index (χ1n) is 7.82. The lowest BCUT2D eigenvalue weighted by Gasteiger charge is -2.36. The van der Waals surface area contributed by atoms with Crippen LogP contribution in [0.3, 0.4) is 0 Å². The Balaban J connectivity index is 2.99. The van der Waals surface area contributed by atoms with E-state index in [4.69, 9.17) is 9.47 Å². The van der Waals surface area contributed by atoms with E-state index in [1.165, 1.54) is 5.56 Å². The molecule has 2 atom stereocenters. The molecule has 120 valence electrons. The van der Waals surface area contributed by atoms with E-state index in [9.17, 15) is 0 Å². The number of nitrogens with one attached hydrogen (secondary N) is 1. The van der Waals surface area contributed by atoms with E-state index in [0.29, 0.717) is 0 Å². The zero-order valence-corrected chi connectivity index (χ0v) is 14.6. The second-order valence-electron chi connectivity index (χ2n) is 6.79. The average Bonchev–Trinajstić information content (AvgIpc) is 2.37. The van der Waals surface area contributed by atoms with Crippen LogP contribution in [-0.4, -0.2) is 25.9 Å². The molecule has 0 spiro atoms. The third kappa shape index (κ3) is 5.33. The summed E-state index contributed by atoms with van der Waals surface area (Å²) >= 11 is 0. The Bertz CT molecular complexity index is 406. The van der Waals surface area contributed by atoms with Gasteiger partial charge in [-0.05, 0) is 43.5 Å². The minimum atomic E-state index is 0.0642. The average molecular weight is 293 g/mol. The Morgan fingerprint density at radius 1 is 1.10 bits per heavy atom. The zero-order chi connectivity index (χ0) is 16.0. The largest absolute Gasteiger partial charge is 0.491 e. The van der Waals surface area contributed by atoms with E-state index in [1.807, 2.05) is 26.0 Å². The minimum absolute atomic E-state index is 0.0642. The van der Waals surface area contributed by atoms with Gasteiger partial charge in [-0.2, -0.15) is 0 Å². The molecule has 2 unspecified atom stereocenters. The maximum absolute atomic E-state index is 5.78. The van der Waals surface area contributed by atoms with Crippen molar-refractivity contribution in [3.05, 3.63) is 29.8 Å². The van der Waals surface area contributed by atoms with Crippen LogP contribution in [0.25, 0.3) is 0 Å². The molecule has 0 aliphatic rings. The van der Waals surface area contributed by atoms with Crippen LogP contribution in [0.4, 0.5) is 0 Å².